The van der Waals surface area contributed by atoms with Crippen molar-refractivity contribution in [2.45, 2.75) is 101 Å². The van der Waals surface area contributed by atoms with Gasteiger partial charge < -0.3 is 32.3 Å². The number of likely N-dealkylation sites (tertiary alicyclic amines) is 1. The van der Waals surface area contributed by atoms with Crippen molar-refractivity contribution in [2.75, 3.05) is 59.4 Å². The first kappa shape index (κ1) is 30.1. The summed E-state index contributed by atoms with van der Waals surface area (Å²) in [5, 5.41) is 10.2. The lowest BCUT2D eigenvalue weighted by molar-refractivity contribution is -0.137. The standard InChI is InChI=1S/C29H53FN8O2/c1-36-12-4-5-24(36)28(40)38-15-13-37(14-16-38)23-7-11-33-19-22(23)35-27(39)25(26(31)32)21-17-29(8-2-3-9-29)10-6-20(30)18-34-21/h20-26,33-34H,2-19,31-32H2,1H3,(H,35,39)/t20?,21?,22?,23?,24-,25?/m0/s1. The zero-order valence-electron chi connectivity index (χ0n) is 24.5. The molecule has 5 unspecified atom stereocenters. The molecule has 7 N–H and O–H groups in total. The average molecular weight is 565 g/mol. The first-order valence-electron chi connectivity index (χ1n) is 15.9. The van der Waals surface area contributed by atoms with E-state index in [1.54, 1.807) is 0 Å². The average Bonchev–Trinajstić information content (AvgIpc) is 3.59. The summed E-state index contributed by atoms with van der Waals surface area (Å²) in [5.74, 6) is -0.492. The van der Waals surface area contributed by atoms with Crippen molar-refractivity contribution >= 4 is 11.8 Å². The van der Waals surface area contributed by atoms with Gasteiger partial charge in [-0.3, -0.25) is 19.4 Å². The smallest absolute Gasteiger partial charge is 0.240 e. The van der Waals surface area contributed by atoms with Gasteiger partial charge in [0, 0.05) is 51.4 Å². The zero-order valence-corrected chi connectivity index (χ0v) is 24.5. The van der Waals surface area contributed by atoms with Gasteiger partial charge in [0.15, 0.2) is 0 Å². The van der Waals surface area contributed by atoms with Crippen molar-refractivity contribution in [1.29, 1.82) is 0 Å². The summed E-state index contributed by atoms with van der Waals surface area (Å²) in [7, 11) is 2.05. The third-order valence-electron chi connectivity index (χ3n) is 10.7. The van der Waals surface area contributed by atoms with Gasteiger partial charge in [-0.25, -0.2) is 4.39 Å². The highest BCUT2D eigenvalue weighted by Gasteiger charge is 2.44. The molecule has 5 fully saturated rings. The molecule has 4 heterocycles. The van der Waals surface area contributed by atoms with Crippen molar-refractivity contribution in [1.82, 2.24) is 30.7 Å². The SMILES string of the molecule is CN1CCC[C@H]1C(=O)N1CCN(C2CCNCC2NC(=O)C(C(N)N)C2CC3(CCCC3)CCC(F)CN2)CC1. The Morgan fingerprint density at radius 1 is 0.975 bits per heavy atom. The van der Waals surface area contributed by atoms with E-state index in [4.69, 9.17) is 11.5 Å². The van der Waals surface area contributed by atoms with Crippen molar-refractivity contribution in [2.24, 2.45) is 22.8 Å². The molecule has 2 amide bonds. The number of nitrogens with zero attached hydrogens (tertiary/aromatic N) is 3. The number of amides is 2. The van der Waals surface area contributed by atoms with Crippen LogP contribution in [0.3, 0.4) is 0 Å². The maximum Gasteiger partial charge on any atom is 0.240 e. The van der Waals surface area contributed by atoms with E-state index in [2.05, 4.69) is 25.8 Å². The molecule has 4 aliphatic heterocycles. The Balaban J connectivity index is 1.22. The summed E-state index contributed by atoms with van der Waals surface area (Å²) >= 11 is 0. The van der Waals surface area contributed by atoms with Gasteiger partial charge in [0.25, 0.3) is 0 Å². The Hall–Kier alpha value is -1.37. The Labute approximate surface area is 239 Å². The third-order valence-corrected chi connectivity index (χ3v) is 10.7. The van der Waals surface area contributed by atoms with Crippen LogP contribution in [-0.2, 0) is 9.59 Å². The Bertz CT molecular complexity index is 863. The molecule has 0 radical (unpaired) electrons. The van der Waals surface area contributed by atoms with Crippen LogP contribution >= 0.6 is 0 Å². The molecule has 6 atom stereocenters. The molecule has 0 bridgehead atoms. The van der Waals surface area contributed by atoms with Crippen LogP contribution in [0.2, 0.25) is 0 Å². The van der Waals surface area contributed by atoms with Gasteiger partial charge in [-0.1, -0.05) is 12.8 Å². The summed E-state index contributed by atoms with van der Waals surface area (Å²) in [6.07, 6.45) is 8.01. The molecule has 1 spiro atoms. The maximum atomic E-state index is 14.6. The van der Waals surface area contributed by atoms with E-state index >= 15 is 0 Å². The van der Waals surface area contributed by atoms with Crippen LogP contribution in [0.25, 0.3) is 0 Å². The van der Waals surface area contributed by atoms with E-state index in [1.165, 1.54) is 12.8 Å². The lowest BCUT2D eigenvalue weighted by atomic mass is 9.72. The van der Waals surface area contributed by atoms with Crippen molar-refractivity contribution in [3.8, 4) is 0 Å². The number of halogens is 1. The molecule has 10 nitrogen and oxygen atoms in total. The predicted octanol–water partition coefficient (Wildman–Crippen LogP) is -0.0282. The molecular formula is C29H53FN8O2. The molecule has 5 rings (SSSR count). The Morgan fingerprint density at radius 3 is 2.40 bits per heavy atom. The van der Waals surface area contributed by atoms with Crippen LogP contribution in [0.15, 0.2) is 0 Å². The number of nitrogens with one attached hydrogen (secondary N) is 3. The number of hydrogen-bond donors (Lipinski definition) is 5. The number of hydrogen-bond acceptors (Lipinski definition) is 8. The quantitative estimate of drug-likeness (QED) is 0.284. The van der Waals surface area contributed by atoms with Gasteiger partial charge in [0.1, 0.15) is 6.17 Å². The number of piperazine rings is 1. The molecule has 40 heavy (non-hydrogen) atoms. The van der Waals surface area contributed by atoms with Gasteiger partial charge in [0.05, 0.1) is 24.2 Å². The Kier molecular flexibility index (Phi) is 10.0. The predicted molar refractivity (Wildman–Crippen MR) is 154 cm³/mol. The van der Waals surface area contributed by atoms with Gasteiger partial charge in [-0.2, -0.15) is 0 Å². The number of piperidine rings is 1. The fraction of sp³-hybridized carbons (Fsp3) is 0.931. The fourth-order valence-corrected chi connectivity index (χ4v) is 8.36. The largest absolute Gasteiger partial charge is 0.350 e. The molecule has 228 valence electrons. The minimum Gasteiger partial charge on any atom is -0.350 e. The van der Waals surface area contributed by atoms with E-state index in [0.29, 0.717) is 13.0 Å². The minimum absolute atomic E-state index is 0.0211. The lowest BCUT2D eigenvalue weighted by Gasteiger charge is -2.46. The van der Waals surface area contributed by atoms with Gasteiger partial charge >= 0.3 is 0 Å². The molecule has 4 saturated heterocycles. The van der Waals surface area contributed by atoms with E-state index in [1.807, 2.05) is 11.9 Å². The fourth-order valence-electron chi connectivity index (χ4n) is 8.36. The highest BCUT2D eigenvalue weighted by molar-refractivity contribution is 5.82. The second kappa shape index (κ2) is 13.3. The maximum absolute atomic E-state index is 14.6. The van der Waals surface area contributed by atoms with E-state index < -0.39 is 18.3 Å². The van der Waals surface area contributed by atoms with E-state index in [9.17, 15) is 14.0 Å². The zero-order chi connectivity index (χ0) is 28.3. The van der Waals surface area contributed by atoms with Crippen molar-refractivity contribution in [3.05, 3.63) is 0 Å². The first-order valence-corrected chi connectivity index (χ1v) is 15.9. The topological polar surface area (TPSA) is 132 Å². The molecule has 11 heteroatoms. The molecular weight excluding hydrogens is 511 g/mol. The second-order valence-corrected chi connectivity index (χ2v) is 13.3. The summed E-state index contributed by atoms with van der Waals surface area (Å²) in [6.45, 7) is 5.88. The number of likely N-dealkylation sites (N-methyl/N-ethyl adjacent to an activating group) is 1. The van der Waals surface area contributed by atoms with Crippen LogP contribution in [0.4, 0.5) is 4.39 Å². The molecule has 5 aliphatic rings. The molecule has 0 aromatic carbocycles. The summed E-state index contributed by atoms with van der Waals surface area (Å²) < 4.78 is 14.6. The summed E-state index contributed by atoms with van der Waals surface area (Å²) in [6, 6.07) is -0.107. The van der Waals surface area contributed by atoms with Gasteiger partial charge in [-0.05, 0) is 76.9 Å². The highest BCUT2D eigenvalue weighted by atomic mass is 19.1. The summed E-state index contributed by atoms with van der Waals surface area (Å²) in [5.41, 5.74) is 12.6. The van der Waals surface area contributed by atoms with Crippen molar-refractivity contribution in [3.63, 3.8) is 0 Å². The van der Waals surface area contributed by atoms with Crippen LogP contribution < -0.4 is 27.4 Å². The van der Waals surface area contributed by atoms with Gasteiger partial charge in [0.2, 0.25) is 11.8 Å². The first-order chi connectivity index (χ1) is 19.3. The van der Waals surface area contributed by atoms with Crippen LogP contribution in [0, 0.1) is 11.3 Å². The van der Waals surface area contributed by atoms with Crippen molar-refractivity contribution < 1.29 is 14.0 Å². The third kappa shape index (κ3) is 6.81. The monoisotopic (exact) mass is 564 g/mol. The normalized spacial score (nSPS) is 35.0. The van der Waals surface area contributed by atoms with E-state index in [-0.39, 0.29) is 47.9 Å². The molecule has 0 aromatic heterocycles. The number of carbonyl (C=O) groups excluding carboxylic acids is 2. The van der Waals surface area contributed by atoms with E-state index in [0.717, 1.165) is 84.2 Å². The molecule has 1 saturated carbocycles. The lowest BCUT2D eigenvalue weighted by Crippen LogP contribution is -2.66. The van der Waals surface area contributed by atoms with Crippen LogP contribution in [-0.4, -0.2) is 122 Å². The van der Waals surface area contributed by atoms with Crippen LogP contribution in [0.1, 0.15) is 64.2 Å². The number of alkyl halides is 1. The summed E-state index contributed by atoms with van der Waals surface area (Å²) in [4.78, 5) is 33.6. The van der Waals surface area contributed by atoms with Crippen LogP contribution in [0.5, 0.6) is 0 Å². The molecule has 1 aliphatic carbocycles. The van der Waals surface area contributed by atoms with Gasteiger partial charge in [-0.15, -0.1) is 0 Å². The highest BCUT2D eigenvalue weighted by Crippen LogP contribution is 2.47. The number of nitrogens with two attached hydrogens (primary N) is 2. The number of carbonyl (C=O) groups is 2. The minimum atomic E-state index is -0.912. The molecule has 0 aromatic rings. The second-order valence-electron chi connectivity index (χ2n) is 13.3. The number of rotatable bonds is 6. The Morgan fingerprint density at radius 2 is 1.73 bits per heavy atom.